The molecule has 0 bridgehead atoms. The van der Waals surface area contributed by atoms with E-state index in [2.05, 4.69) is 5.32 Å². The average Bonchev–Trinajstić information content (AvgIpc) is 2.95. The van der Waals surface area contributed by atoms with Crippen LogP contribution in [0.3, 0.4) is 0 Å². The Bertz CT molecular complexity index is 888. The van der Waals surface area contributed by atoms with Crippen LogP contribution < -0.4 is 5.32 Å². The summed E-state index contributed by atoms with van der Waals surface area (Å²) in [6, 6.07) is 15.4. The minimum atomic E-state index is -0.735. The molecule has 130 valence electrons. The maximum Gasteiger partial charge on any atom is 0.220 e. The number of rotatable bonds is 6. The number of carbonyl (C=O) groups is 1. The molecule has 2 N–H and O–H groups in total. The molecule has 1 heterocycles. The number of nitrogens with one attached hydrogen (secondary N) is 1. The SMILES string of the molecule is Cn1cc([C@H](O)CNC(=O)CCc2cccc(Cl)c2)c2ccccc21. The lowest BCUT2D eigenvalue weighted by Gasteiger charge is -2.11. The van der Waals surface area contributed by atoms with Crippen LogP contribution in [0.1, 0.15) is 23.7 Å². The topological polar surface area (TPSA) is 54.3 Å². The lowest BCUT2D eigenvalue weighted by molar-refractivity contribution is -0.121. The Kier molecular flexibility index (Phi) is 5.41. The van der Waals surface area contributed by atoms with Gasteiger partial charge >= 0.3 is 0 Å². The molecule has 0 saturated carbocycles. The number of benzene rings is 2. The molecule has 4 nitrogen and oxygen atoms in total. The first-order valence-corrected chi connectivity index (χ1v) is 8.65. The van der Waals surface area contributed by atoms with E-state index in [4.69, 9.17) is 11.6 Å². The Morgan fingerprint density at radius 1 is 1.24 bits per heavy atom. The number of aliphatic hydroxyl groups excluding tert-OH is 1. The normalized spacial score (nSPS) is 12.3. The van der Waals surface area contributed by atoms with Gasteiger partial charge in [0.1, 0.15) is 0 Å². The zero-order valence-corrected chi connectivity index (χ0v) is 14.8. The van der Waals surface area contributed by atoms with Crippen LogP contribution >= 0.6 is 11.6 Å². The van der Waals surface area contributed by atoms with Crippen LogP contribution in [-0.4, -0.2) is 22.1 Å². The lowest BCUT2D eigenvalue weighted by atomic mass is 10.1. The number of para-hydroxylation sites is 1. The van der Waals surface area contributed by atoms with E-state index in [0.717, 1.165) is 22.0 Å². The molecule has 0 saturated heterocycles. The van der Waals surface area contributed by atoms with Gasteiger partial charge in [0, 0.05) is 47.7 Å². The van der Waals surface area contributed by atoms with Crippen molar-refractivity contribution >= 4 is 28.4 Å². The summed E-state index contributed by atoms with van der Waals surface area (Å²) >= 11 is 5.94. The molecule has 2 aromatic carbocycles. The summed E-state index contributed by atoms with van der Waals surface area (Å²) in [6.45, 7) is 0.197. The molecule has 0 spiro atoms. The molecular weight excluding hydrogens is 336 g/mol. The number of aryl methyl sites for hydroxylation is 2. The first-order valence-electron chi connectivity index (χ1n) is 8.28. The second-order valence-electron chi connectivity index (χ2n) is 6.16. The van der Waals surface area contributed by atoms with Crippen molar-refractivity contribution < 1.29 is 9.90 Å². The zero-order chi connectivity index (χ0) is 17.8. The van der Waals surface area contributed by atoms with E-state index >= 15 is 0 Å². The van der Waals surface area contributed by atoms with Gasteiger partial charge in [0.25, 0.3) is 0 Å². The van der Waals surface area contributed by atoms with E-state index in [0.29, 0.717) is 17.9 Å². The van der Waals surface area contributed by atoms with Gasteiger partial charge < -0.3 is 15.0 Å². The van der Waals surface area contributed by atoms with E-state index in [9.17, 15) is 9.90 Å². The molecule has 1 amide bonds. The molecule has 0 aliphatic heterocycles. The smallest absolute Gasteiger partial charge is 0.220 e. The minimum Gasteiger partial charge on any atom is -0.386 e. The third-order valence-corrected chi connectivity index (χ3v) is 4.54. The van der Waals surface area contributed by atoms with Crippen LogP contribution in [-0.2, 0) is 18.3 Å². The van der Waals surface area contributed by atoms with Gasteiger partial charge in [-0.1, -0.05) is 41.9 Å². The molecule has 1 aromatic heterocycles. The third-order valence-electron chi connectivity index (χ3n) is 4.31. The third kappa shape index (κ3) is 4.21. The quantitative estimate of drug-likeness (QED) is 0.708. The number of carbonyl (C=O) groups excluding carboxylic acids is 1. The van der Waals surface area contributed by atoms with Gasteiger partial charge in [0.2, 0.25) is 5.91 Å². The fourth-order valence-corrected chi connectivity index (χ4v) is 3.21. The maximum atomic E-state index is 12.0. The number of fused-ring (bicyclic) bond motifs is 1. The average molecular weight is 357 g/mol. The highest BCUT2D eigenvalue weighted by Crippen LogP contribution is 2.25. The summed E-state index contributed by atoms with van der Waals surface area (Å²) in [5, 5.41) is 14.9. The van der Waals surface area contributed by atoms with Gasteiger partial charge in [-0.25, -0.2) is 0 Å². The van der Waals surface area contributed by atoms with Crippen molar-refractivity contribution in [1.82, 2.24) is 9.88 Å². The Morgan fingerprint density at radius 2 is 2.04 bits per heavy atom. The van der Waals surface area contributed by atoms with Crippen LogP contribution in [0.25, 0.3) is 10.9 Å². The van der Waals surface area contributed by atoms with E-state index in [1.165, 1.54) is 0 Å². The van der Waals surface area contributed by atoms with Gasteiger partial charge in [0.15, 0.2) is 0 Å². The van der Waals surface area contributed by atoms with E-state index < -0.39 is 6.10 Å². The molecule has 0 radical (unpaired) electrons. The van der Waals surface area contributed by atoms with Crippen molar-refractivity contribution in [2.75, 3.05) is 6.54 Å². The maximum absolute atomic E-state index is 12.0. The largest absolute Gasteiger partial charge is 0.386 e. The highest BCUT2D eigenvalue weighted by molar-refractivity contribution is 6.30. The molecule has 3 rings (SSSR count). The van der Waals surface area contributed by atoms with Crippen LogP contribution in [0.2, 0.25) is 5.02 Å². The fraction of sp³-hybridized carbons (Fsp3) is 0.250. The summed E-state index contributed by atoms with van der Waals surface area (Å²) in [5.41, 5.74) is 2.91. The number of hydrogen-bond donors (Lipinski definition) is 2. The highest BCUT2D eigenvalue weighted by atomic mass is 35.5. The van der Waals surface area contributed by atoms with E-state index in [1.54, 1.807) is 0 Å². The summed E-state index contributed by atoms with van der Waals surface area (Å²) in [7, 11) is 1.95. The van der Waals surface area contributed by atoms with Gasteiger partial charge in [-0.15, -0.1) is 0 Å². The molecule has 0 fully saturated rings. The van der Waals surface area contributed by atoms with Crippen molar-refractivity contribution in [1.29, 1.82) is 0 Å². The van der Waals surface area contributed by atoms with Crippen LogP contribution in [0.4, 0.5) is 0 Å². The first-order chi connectivity index (χ1) is 12.0. The van der Waals surface area contributed by atoms with Crippen LogP contribution in [0.15, 0.2) is 54.7 Å². The Hall–Kier alpha value is -2.30. The minimum absolute atomic E-state index is 0.0840. The van der Waals surface area contributed by atoms with Gasteiger partial charge in [-0.3, -0.25) is 4.79 Å². The predicted octanol–water partition coefficient (Wildman–Crippen LogP) is 3.61. The second-order valence-corrected chi connectivity index (χ2v) is 6.60. The van der Waals surface area contributed by atoms with Crippen molar-refractivity contribution in [2.24, 2.45) is 7.05 Å². The monoisotopic (exact) mass is 356 g/mol. The van der Waals surface area contributed by atoms with Gasteiger partial charge in [-0.05, 0) is 30.2 Å². The van der Waals surface area contributed by atoms with E-state index in [1.807, 2.05) is 66.3 Å². The number of amides is 1. The Morgan fingerprint density at radius 3 is 2.84 bits per heavy atom. The number of halogens is 1. The number of nitrogens with zero attached hydrogens (tertiary/aromatic N) is 1. The Balaban J connectivity index is 1.56. The molecule has 0 aliphatic carbocycles. The van der Waals surface area contributed by atoms with Crippen LogP contribution in [0.5, 0.6) is 0 Å². The lowest BCUT2D eigenvalue weighted by Crippen LogP contribution is -2.28. The van der Waals surface area contributed by atoms with Gasteiger partial charge in [0.05, 0.1) is 6.10 Å². The molecule has 5 heteroatoms. The zero-order valence-electron chi connectivity index (χ0n) is 14.1. The molecule has 0 aliphatic rings. The number of aromatic nitrogens is 1. The number of aliphatic hydroxyl groups is 1. The summed E-state index contributed by atoms with van der Waals surface area (Å²) in [4.78, 5) is 12.0. The molecular formula is C20H21ClN2O2. The van der Waals surface area contributed by atoms with Crippen molar-refractivity contribution in [2.45, 2.75) is 18.9 Å². The fourth-order valence-electron chi connectivity index (χ4n) is 3.00. The van der Waals surface area contributed by atoms with E-state index in [-0.39, 0.29) is 12.5 Å². The van der Waals surface area contributed by atoms with Gasteiger partial charge in [-0.2, -0.15) is 0 Å². The second kappa shape index (κ2) is 7.72. The first kappa shape index (κ1) is 17.5. The molecule has 0 unspecified atom stereocenters. The molecule has 25 heavy (non-hydrogen) atoms. The highest BCUT2D eigenvalue weighted by Gasteiger charge is 2.15. The molecule has 3 aromatic rings. The summed E-state index contributed by atoms with van der Waals surface area (Å²) in [5.74, 6) is -0.0840. The standard InChI is InChI=1S/C20H21ClN2O2/c1-23-13-17(16-7-2-3-8-18(16)23)19(24)12-22-20(25)10-9-14-5-4-6-15(21)11-14/h2-8,11,13,19,24H,9-10,12H2,1H3,(H,22,25)/t19-/m1/s1. The van der Waals surface area contributed by atoms with Crippen molar-refractivity contribution in [3.8, 4) is 0 Å². The summed E-state index contributed by atoms with van der Waals surface area (Å²) in [6.07, 6.45) is 2.16. The summed E-state index contributed by atoms with van der Waals surface area (Å²) < 4.78 is 1.98. The Labute approximate surface area is 152 Å². The van der Waals surface area contributed by atoms with Crippen LogP contribution in [0, 0.1) is 0 Å². The number of hydrogen-bond acceptors (Lipinski definition) is 2. The van der Waals surface area contributed by atoms with Crippen molar-refractivity contribution in [3.63, 3.8) is 0 Å². The molecule has 1 atom stereocenters. The van der Waals surface area contributed by atoms with Crippen molar-refractivity contribution in [3.05, 3.63) is 70.9 Å². The predicted molar refractivity (Wildman–Crippen MR) is 101 cm³/mol.